The van der Waals surface area contributed by atoms with Crippen LogP contribution in [0, 0.1) is 0 Å². The largest absolute Gasteiger partial charge is 0.463 e. The number of esters is 1. The lowest BCUT2D eigenvalue weighted by Crippen LogP contribution is -2.47. The summed E-state index contributed by atoms with van der Waals surface area (Å²) in [6.07, 6.45) is 0. The first-order chi connectivity index (χ1) is 11.5. The Morgan fingerprint density at radius 2 is 2.12 bits per heavy atom. The van der Waals surface area contributed by atoms with Crippen LogP contribution in [-0.2, 0) is 9.53 Å². The van der Waals surface area contributed by atoms with Crippen LogP contribution < -0.4 is 20.1 Å². The molecular formula is C15H14Br2N2O5. The van der Waals surface area contributed by atoms with Crippen molar-refractivity contribution in [3.8, 4) is 11.5 Å². The van der Waals surface area contributed by atoms with E-state index in [1.807, 2.05) is 0 Å². The standard InChI is InChI=1S/C15H14Br2N2O5/c1-2-22-14(20)10-11(18-15(21)19-12(10)13(16)17)7-3-4-8-9(5-7)24-6-23-8/h3-5,11,13H,2,6H2,1H3,(H2,18,19,21). The summed E-state index contributed by atoms with van der Waals surface area (Å²) in [5, 5.41) is 5.39. The van der Waals surface area contributed by atoms with Gasteiger partial charge in [-0.3, -0.25) is 0 Å². The van der Waals surface area contributed by atoms with Crippen molar-refractivity contribution >= 4 is 43.9 Å². The molecule has 0 bridgehead atoms. The van der Waals surface area contributed by atoms with E-state index in [1.54, 1.807) is 25.1 Å². The quantitative estimate of drug-likeness (QED) is 0.531. The fourth-order valence-electron chi connectivity index (χ4n) is 2.54. The summed E-state index contributed by atoms with van der Waals surface area (Å²) in [6, 6.07) is 4.18. The van der Waals surface area contributed by atoms with E-state index in [-0.39, 0.29) is 13.4 Å². The van der Waals surface area contributed by atoms with Crippen molar-refractivity contribution in [2.45, 2.75) is 16.7 Å². The fraction of sp³-hybridized carbons (Fsp3) is 0.333. The first kappa shape index (κ1) is 17.1. The van der Waals surface area contributed by atoms with Crippen molar-refractivity contribution in [2.75, 3.05) is 13.4 Å². The maximum Gasteiger partial charge on any atom is 0.338 e. The van der Waals surface area contributed by atoms with Crippen LogP contribution in [0.1, 0.15) is 18.5 Å². The molecule has 24 heavy (non-hydrogen) atoms. The zero-order valence-electron chi connectivity index (χ0n) is 12.6. The third-order valence-electron chi connectivity index (χ3n) is 3.55. The van der Waals surface area contributed by atoms with Crippen LogP contribution >= 0.6 is 31.9 Å². The molecule has 0 aromatic heterocycles. The number of halogens is 2. The van der Waals surface area contributed by atoms with Gasteiger partial charge in [0.05, 0.1) is 23.9 Å². The highest BCUT2D eigenvalue weighted by Gasteiger charge is 2.36. The summed E-state index contributed by atoms with van der Waals surface area (Å²) >= 11 is 6.67. The van der Waals surface area contributed by atoms with Gasteiger partial charge < -0.3 is 24.8 Å². The highest BCUT2D eigenvalue weighted by molar-refractivity contribution is 9.24. The minimum Gasteiger partial charge on any atom is -0.463 e. The molecule has 128 valence electrons. The highest BCUT2D eigenvalue weighted by atomic mass is 79.9. The summed E-state index contributed by atoms with van der Waals surface area (Å²) in [4.78, 5) is 24.5. The number of urea groups is 1. The molecule has 0 saturated heterocycles. The monoisotopic (exact) mass is 460 g/mol. The van der Waals surface area contributed by atoms with E-state index in [0.29, 0.717) is 28.3 Å². The SMILES string of the molecule is CCOC(=O)C1=C(C(Br)Br)NC(=O)NC1c1ccc2c(c1)OCO2. The van der Waals surface area contributed by atoms with E-state index in [1.165, 1.54) is 0 Å². The minimum atomic E-state index is -0.667. The van der Waals surface area contributed by atoms with E-state index in [0.717, 1.165) is 0 Å². The molecule has 9 heteroatoms. The van der Waals surface area contributed by atoms with E-state index in [4.69, 9.17) is 14.2 Å². The zero-order chi connectivity index (χ0) is 17.3. The Morgan fingerprint density at radius 1 is 1.38 bits per heavy atom. The number of fused-ring (bicyclic) bond motifs is 1. The number of benzene rings is 1. The second-order valence-corrected chi connectivity index (χ2v) is 8.05. The van der Waals surface area contributed by atoms with Gasteiger partial charge in [0.2, 0.25) is 6.79 Å². The van der Waals surface area contributed by atoms with Crippen molar-refractivity contribution in [1.82, 2.24) is 10.6 Å². The Bertz CT molecular complexity index is 720. The molecule has 7 nitrogen and oxygen atoms in total. The number of hydrogen-bond acceptors (Lipinski definition) is 5. The molecule has 1 unspecified atom stereocenters. The Morgan fingerprint density at radius 3 is 2.83 bits per heavy atom. The fourth-order valence-corrected chi connectivity index (χ4v) is 3.26. The van der Waals surface area contributed by atoms with Gasteiger partial charge in [-0.25, -0.2) is 9.59 Å². The lowest BCUT2D eigenvalue weighted by atomic mass is 9.95. The molecule has 2 amide bonds. The van der Waals surface area contributed by atoms with Gasteiger partial charge >= 0.3 is 12.0 Å². The van der Waals surface area contributed by atoms with Crippen molar-refractivity contribution in [2.24, 2.45) is 0 Å². The van der Waals surface area contributed by atoms with Gasteiger partial charge in [-0.1, -0.05) is 37.9 Å². The van der Waals surface area contributed by atoms with Gasteiger partial charge in [0.25, 0.3) is 0 Å². The maximum absolute atomic E-state index is 12.5. The molecule has 0 fully saturated rings. The zero-order valence-corrected chi connectivity index (χ0v) is 15.8. The Balaban J connectivity index is 2.07. The van der Waals surface area contributed by atoms with Crippen LogP contribution in [0.15, 0.2) is 29.5 Å². The van der Waals surface area contributed by atoms with Gasteiger partial charge in [-0.05, 0) is 24.6 Å². The van der Waals surface area contributed by atoms with Crippen LogP contribution in [-0.4, -0.2) is 29.1 Å². The molecule has 2 heterocycles. The van der Waals surface area contributed by atoms with E-state index in [9.17, 15) is 9.59 Å². The number of ether oxygens (including phenoxy) is 3. The van der Waals surface area contributed by atoms with Crippen LogP contribution in [0.5, 0.6) is 11.5 Å². The Kier molecular flexibility index (Phi) is 5.00. The van der Waals surface area contributed by atoms with Crippen LogP contribution in [0.4, 0.5) is 4.79 Å². The third kappa shape index (κ3) is 3.23. The van der Waals surface area contributed by atoms with Crippen molar-refractivity contribution in [3.05, 3.63) is 35.0 Å². The number of amides is 2. The van der Waals surface area contributed by atoms with Gasteiger partial charge in [-0.2, -0.15) is 0 Å². The normalized spacial score (nSPS) is 19.2. The summed E-state index contributed by atoms with van der Waals surface area (Å²) in [5.74, 6) is 0.686. The van der Waals surface area contributed by atoms with Gasteiger partial charge in [0, 0.05) is 0 Å². The van der Waals surface area contributed by atoms with Crippen molar-refractivity contribution in [1.29, 1.82) is 0 Å². The second kappa shape index (κ2) is 7.02. The third-order valence-corrected chi connectivity index (χ3v) is 4.46. The number of allylic oxidation sites excluding steroid dienone is 1. The molecule has 2 aliphatic rings. The van der Waals surface area contributed by atoms with E-state index >= 15 is 0 Å². The number of nitrogens with one attached hydrogen (secondary N) is 2. The first-order valence-electron chi connectivity index (χ1n) is 7.17. The molecule has 0 aliphatic carbocycles. The number of carbonyl (C=O) groups excluding carboxylic acids is 2. The second-order valence-electron chi connectivity index (χ2n) is 4.99. The van der Waals surface area contributed by atoms with Gasteiger partial charge in [0.15, 0.2) is 11.5 Å². The van der Waals surface area contributed by atoms with Gasteiger partial charge in [-0.15, -0.1) is 0 Å². The van der Waals surface area contributed by atoms with Crippen molar-refractivity contribution < 1.29 is 23.8 Å². The summed E-state index contributed by atoms with van der Waals surface area (Å²) < 4.78 is 15.4. The van der Waals surface area contributed by atoms with Crippen LogP contribution in [0.3, 0.4) is 0 Å². The average Bonchev–Trinajstić information content (AvgIpc) is 3.01. The molecule has 2 N–H and O–H groups in total. The predicted octanol–water partition coefficient (Wildman–Crippen LogP) is 2.70. The number of carbonyl (C=O) groups is 2. The molecule has 1 atom stereocenters. The molecule has 0 saturated carbocycles. The highest BCUT2D eigenvalue weighted by Crippen LogP contribution is 2.38. The molecule has 0 spiro atoms. The number of rotatable bonds is 4. The first-order valence-corrected chi connectivity index (χ1v) is 9.00. The summed E-state index contributed by atoms with van der Waals surface area (Å²) in [6.45, 7) is 2.10. The minimum absolute atomic E-state index is 0.147. The number of alkyl halides is 2. The Hall–Kier alpha value is -1.74. The van der Waals surface area contributed by atoms with Crippen LogP contribution in [0.25, 0.3) is 0 Å². The maximum atomic E-state index is 12.5. The molecular weight excluding hydrogens is 448 g/mol. The lowest BCUT2D eigenvalue weighted by Gasteiger charge is -2.30. The number of hydrogen-bond donors (Lipinski definition) is 2. The summed E-state index contributed by atoms with van der Waals surface area (Å²) in [7, 11) is 0. The van der Waals surface area contributed by atoms with Crippen molar-refractivity contribution in [3.63, 3.8) is 0 Å². The smallest absolute Gasteiger partial charge is 0.338 e. The predicted molar refractivity (Wildman–Crippen MR) is 92.3 cm³/mol. The topological polar surface area (TPSA) is 85.9 Å². The summed E-state index contributed by atoms with van der Waals surface area (Å²) in [5.41, 5.74) is 1.41. The lowest BCUT2D eigenvalue weighted by molar-refractivity contribution is -0.139. The average molecular weight is 462 g/mol. The molecule has 1 aromatic rings. The molecule has 2 aliphatic heterocycles. The van der Waals surface area contributed by atoms with Gasteiger partial charge in [0.1, 0.15) is 3.74 Å². The molecule has 1 aromatic carbocycles. The van der Waals surface area contributed by atoms with Crippen LogP contribution in [0.2, 0.25) is 0 Å². The molecule has 0 radical (unpaired) electrons. The molecule has 3 rings (SSSR count). The van der Waals surface area contributed by atoms with E-state index in [2.05, 4.69) is 42.5 Å². The van der Waals surface area contributed by atoms with E-state index < -0.39 is 21.8 Å². The Labute approximate surface area is 155 Å².